The highest BCUT2D eigenvalue weighted by Gasteiger charge is 2.57. The summed E-state index contributed by atoms with van der Waals surface area (Å²) in [6.45, 7) is 6.34. The van der Waals surface area contributed by atoms with E-state index in [4.69, 9.17) is 9.15 Å². The number of aliphatic hydroxyl groups is 1. The van der Waals surface area contributed by atoms with Gasteiger partial charge in [0, 0.05) is 17.0 Å². The Bertz CT molecular complexity index is 1080. The van der Waals surface area contributed by atoms with Crippen LogP contribution in [0.3, 0.4) is 0 Å². The molecule has 0 saturated heterocycles. The van der Waals surface area contributed by atoms with Crippen molar-refractivity contribution in [1.82, 2.24) is 0 Å². The Kier molecular flexibility index (Phi) is 4.81. The van der Waals surface area contributed by atoms with Crippen LogP contribution in [0, 0.1) is 24.2 Å². The predicted octanol–water partition coefficient (Wildman–Crippen LogP) is 4.99. The molecule has 31 heavy (non-hydrogen) atoms. The van der Waals surface area contributed by atoms with Crippen LogP contribution in [0.15, 0.2) is 27.4 Å². The molecule has 1 aromatic carbocycles. The van der Waals surface area contributed by atoms with Crippen LogP contribution in [0.25, 0.3) is 11.0 Å². The summed E-state index contributed by atoms with van der Waals surface area (Å²) in [5, 5.41) is 11.8. The molecule has 4 bridgehead atoms. The summed E-state index contributed by atoms with van der Waals surface area (Å²) >= 11 is 0. The van der Waals surface area contributed by atoms with E-state index in [2.05, 4.69) is 19.9 Å². The van der Waals surface area contributed by atoms with Crippen LogP contribution >= 0.6 is 0 Å². The molecular formula is C26H32O5. The fourth-order valence-corrected chi connectivity index (χ4v) is 7.26. The summed E-state index contributed by atoms with van der Waals surface area (Å²) in [6.07, 6.45) is 6.11. The van der Waals surface area contributed by atoms with Gasteiger partial charge in [0.2, 0.25) is 0 Å². The molecule has 5 heteroatoms. The van der Waals surface area contributed by atoms with E-state index in [-0.39, 0.29) is 18.0 Å². The first kappa shape index (κ1) is 20.7. The van der Waals surface area contributed by atoms with Gasteiger partial charge in [-0.15, -0.1) is 0 Å². The number of carbonyl (C=O) groups is 1. The summed E-state index contributed by atoms with van der Waals surface area (Å²) in [5.74, 6) is 1.19. The number of hydrogen-bond acceptors (Lipinski definition) is 5. The summed E-state index contributed by atoms with van der Waals surface area (Å²) in [6, 6.07) is 5.38. The molecule has 4 aliphatic carbocycles. The van der Waals surface area contributed by atoms with Crippen molar-refractivity contribution in [3.8, 4) is 0 Å². The van der Waals surface area contributed by atoms with Crippen molar-refractivity contribution in [1.29, 1.82) is 0 Å². The minimum atomic E-state index is -0.579. The van der Waals surface area contributed by atoms with Gasteiger partial charge in [0.15, 0.2) is 0 Å². The molecule has 6 rings (SSSR count). The van der Waals surface area contributed by atoms with Gasteiger partial charge in [-0.1, -0.05) is 13.8 Å². The molecule has 4 fully saturated rings. The normalized spacial score (nSPS) is 31.5. The van der Waals surface area contributed by atoms with Crippen LogP contribution in [0.4, 0.5) is 0 Å². The van der Waals surface area contributed by atoms with Gasteiger partial charge in [-0.3, -0.25) is 4.79 Å². The van der Waals surface area contributed by atoms with Crippen LogP contribution in [-0.2, 0) is 16.1 Å². The van der Waals surface area contributed by atoms with E-state index in [1.54, 1.807) is 0 Å². The van der Waals surface area contributed by atoms with Crippen LogP contribution in [0.2, 0.25) is 0 Å². The van der Waals surface area contributed by atoms with E-state index in [1.807, 2.05) is 13.0 Å². The van der Waals surface area contributed by atoms with Crippen molar-refractivity contribution in [3.05, 3.63) is 45.3 Å². The standard InChI is InChI=1S/C26H32O5/c1-15(2)20-7-21-19(6-23(27)31-22(21)4-16(20)3)13-30-24(28)12-25-8-17-5-18(9-25)11-26(29,10-17)14-25/h4,6-7,15,17-18,29H,5,8-14H2,1-3H3/t17-,18+,25?,26?. The highest BCUT2D eigenvalue weighted by Crippen LogP contribution is 2.62. The first-order valence-corrected chi connectivity index (χ1v) is 11.6. The second-order valence-electron chi connectivity index (χ2n) is 11.0. The molecule has 5 nitrogen and oxygen atoms in total. The molecule has 1 heterocycles. The first-order valence-electron chi connectivity index (χ1n) is 11.6. The number of aryl methyl sites for hydroxylation is 1. The smallest absolute Gasteiger partial charge is 0.336 e. The summed E-state index contributed by atoms with van der Waals surface area (Å²) < 4.78 is 11.1. The number of esters is 1. The third kappa shape index (κ3) is 3.82. The van der Waals surface area contributed by atoms with Gasteiger partial charge in [-0.25, -0.2) is 4.79 Å². The largest absolute Gasteiger partial charge is 0.461 e. The Morgan fingerprint density at radius 1 is 1.19 bits per heavy atom. The number of fused-ring (bicyclic) bond motifs is 1. The SMILES string of the molecule is Cc1cc2oc(=O)cc(COC(=O)CC34C[C@@H]5C[C@@H](CC(O)(C5)C3)C4)c2cc1C(C)C. The molecule has 0 radical (unpaired) electrons. The van der Waals surface area contributed by atoms with Gasteiger partial charge in [0.05, 0.1) is 12.0 Å². The van der Waals surface area contributed by atoms with E-state index in [1.165, 1.54) is 18.1 Å². The van der Waals surface area contributed by atoms with Crippen molar-refractivity contribution < 1.29 is 19.1 Å². The van der Waals surface area contributed by atoms with E-state index < -0.39 is 11.2 Å². The Hall–Kier alpha value is -2.14. The minimum absolute atomic E-state index is 0.0642. The van der Waals surface area contributed by atoms with Gasteiger partial charge in [0.25, 0.3) is 0 Å². The minimum Gasteiger partial charge on any atom is -0.461 e. The maximum Gasteiger partial charge on any atom is 0.336 e. The summed E-state index contributed by atoms with van der Waals surface area (Å²) in [5.41, 5.74) is 2.36. The predicted molar refractivity (Wildman–Crippen MR) is 118 cm³/mol. The molecule has 0 amide bonds. The molecular weight excluding hydrogens is 392 g/mol. The van der Waals surface area contributed by atoms with E-state index >= 15 is 0 Å². The molecule has 0 spiro atoms. The fourth-order valence-electron chi connectivity index (χ4n) is 7.26. The zero-order chi connectivity index (χ0) is 22.0. The zero-order valence-corrected chi connectivity index (χ0v) is 18.7. The monoisotopic (exact) mass is 424 g/mol. The van der Waals surface area contributed by atoms with E-state index in [0.717, 1.165) is 43.1 Å². The van der Waals surface area contributed by atoms with Crippen molar-refractivity contribution in [2.45, 2.75) is 83.8 Å². The molecule has 2 unspecified atom stereocenters. The van der Waals surface area contributed by atoms with Crippen molar-refractivity contribution in [2.75, 3.05) is 0 Å². The number of rotatable bonds is 5. The number of ether oxygens (including phenoxy) is 1. The first-order chi connectivity index (χ1) is 14.6. The maximum atomic E-state index is 12.9. The number of carbonyl (C=O) groups excluding carboxylic acids is 1. The van der Waals surface area contributed by atoms with E-state index in [9.17, 15) is 14.7 Å². The number of hydrogen-bond donors (Lipinski definition) is 1. The third-order valence-electron chi connectivity index (χ3n) is 7.90. The molecule has 0 aliphatic heterocycles. The molecule has 4 aliphatic rings. The third-order valence-corrected chi connectivity index (χ3v) is 7.90. The average Bonchev–Trinajstić information content (AvgIpc) is 2.62. The second-order valence-corrected chi connectivity index (χ2v) is 11.0. The van der Waals surface area contributed by atoms with Crippen molar-refractivity contribution in [3.63, 3.8) is 0 Å². The van der Waals surface area contributed by atoms with Gasteiger partial charge < -0.3 is 14.3 Å². The highest BCUT2D eigenvalue weighted by atomic mass is 16.5. The van der Waals surface area contributed by atoms with Crippen LogP contribution in [0.1, 0.15) is 81.4 Å². The summed E-state index contributed by atoms with van der Waals surface area (Å²) in [7, 11) is 0. The molecule has 1 aromatic heterocycles. The topological polar surface area (TPSA) is 76.7 Å². The van der Waals surface area contributed by atoms with Gasteiger partial charge in [-0.05, 0) is 91.9 Å². The van der Waals surface area contributed by atoms with Crippen molar-refractivity contribution in [2.24, 2.45) is 17.3 Å². The Morgan fingerprint density at radius 3 is 2.55 bits per heavy atom. The fraction of sp³-hybridized carbons (Fsp3) is 0.615. The zero-order valence-electron chi connectivity index (χ0n) is 18.7. The second kappa shape index (κ2) is 7.19. The van der Waals surface area contributed by atoms with Gasteiger partial charge in [0.1, 0.15) is 12.2 Å². The lowest BCUT2D eigenvalue weighted by atomic mass is 9.47. The van der Waals surface area contributed by atoms with E-state index in [0.29, 0.717) is 35.3 Å². The van der Waals surface area contributed by atoms with Crippen LogP contribution in [-0.4, -0.2) is 16.7 Å². The van der Waals surface area contributed by atoms with Crippen LogP contribution in [0.5, 0.6) is 0 Å². The summed E-state index contributed by atoms with van der Waals surface area (Å²) in [4.78, 5) is 24.9. The highest BCUT2D eigenvalue weighted by molar-refractivity contribution is 5.82. The number of benzene rings is 1. The maximum absolute atomic E-state index is 12.9. The Labute approximate surface area is 182 Å². The van der Waals surface area contributed by atoms with Gasteiger partial charge >= 0.3 is 11.6 Å². The lowest BCUT2D eigenvalue weighted by Crippen LogP contribution is -2.56. The molecule has 4 saturated carbocycles. The average molecular weight is 425 g/mol. The molecule has 4 atom stereocenters. The van der Waals surface area contributed by atoms with Gasteiger partial charge in [-0.2, -0.15) is 0 Å². The molecule has 2 aromatic rings. The molecule has 166 valence electrons. The van der Waals surface area contributed by atoms with Crippen molar-refractivity contribution >= 4 is 16.9 Å². The molecule has 1 N–H and O–H groups in total. The van der Waals surface area contributed by atoms with Crippen LogP contribution < -0.4 is 5.63 Å². The lowest BCUT2D eigenvalue weighted by Gasteiger charge is -2.60. The lowest BCUT2D eigenvalue weighted by molar-refractivity contribution is -0.177. The quantitative estimate of drug-likeness (QED) is 0.540. The Morgan fingerprint density at radius 2 is 1.90 bits per heavy atom. The Balaban J connectivity index is 1.35.